The van der Waals surface area contributed by atoms with Crippen molar-refractivity contribution < 1.29 is 18.7 Å². The van der Waals surface area contributed by atoms with Crippen LogP contribution in [0.1, 0.15) is 12.0 Å². The Kier molecular flexibility index (Phi) is 3.52. The van der Waals surface area contributed by atoms with Crippen molar-refractivity contribution in [3.05, 3.63) is 33.8 Å². The Bertz CT molecular complexity index is 394. The summed E-state index contributed by atoms with van der Waals surface area (Å²) in [6.45, 7) is 0. The number of halogens is 4. The summed E-state index contributed by atoms with van der Waals surface area (Å²) < 4.78 is 26.6. The summed E-state index contributed by atoms with van der Waals surface area (Å²) >= 11 is 11.1. The Balaban J connectivity index is 3.14. The number of benzene rings is 1. The number of alkyl halides is 2. The van der Waals surface area contributed by atoms with Gasteiger partial charge in [-0.3, -0.25) is 4.79 Å². The third-order valence-electron chi connectivity index (χ3n) is 1.72. The maximum atomic E-state index is 13.3. The quantitative estimate of drug-likeness (QED) is 0.896. The van der Waals surface area contributed by atoms with E-state index in [1.54, 1.807) is 0 Å². The molecule has 0 aliphatic rings. The third-order valence-corrected chi connectivity index (χ3v) is 2.54. The summed E-state index contributed by atoms with van der Waals surface area (Å²) in [6.07, 6.45) is -1.31. The maximum absolute atomic E-state index is 13.3. The zero-order valence-corrected chi connectivity index (χ0v) is 8.82. The number of hydrogen-bond donors (Lipinski definition) is 1. The van der Waals surface area contributed by atoms with E-state index in [1.807, 2.05) is 0 Å². The van der Waals surface area contributed by atoms with Gasteiger partial charge < -0.3 is 5.11 Å². The first-order valence-corrected chi connectivity index (χ1v) is 4.64. The average molecular weight is 255 g/mol. The number of carboxylic acids is 1. The molecule has 0 amide bonds. The molecule has 0 saturated carbocycles. The Hall–Kier alpha value is -0.870. The first-order chi connectivity index (χ1) is 6.84. The van der Waals surface area contributed by atoms with Crippen LogP contribution in [0.3, 0.4) is 0 Å². The SMILES string of the molecule is O=C(O)CC(F)(F)c1cccc(Cl)c1Cl. The van der Waals surface area contributed by atoms with E-state index in [4.69, 9.17) is 28.3 Å². The van der Waals surface area contributed by atoms with Gasteiger partial charge >= 0.3 is 5.97 Å². The van der Waals surface area contributed by atoms with Crippen LogP contribution in [0.15, 0.2) is 18.2 Å². The molecule has 1 aromatic carbocycles. The van der Waals surface area contributed by atoms with Gasteiger partial charge in [0, 0.05) is 5.56 Å². The lowest BCUT2D eigenvalue weighted by atomic mass is 10.1. The number of hydrogen-bond acceptors (Lipinski definition) is 1. The average Bonchev–Trinajstić information content (AvgIpc) is 2.07. The molecule has 82 valence electrons. The van der Waals surface area contributed by atoms with E-state index in [2.05, 4.69) is 0 Å². The van der Waals surface area contributed by atoms with E-state index in [0.29, 0.717) is 0 Å². The second kappa shape index (κ2) is 4.33. The summed E-state index contributed by atoms with van der Waals surface area (Å²) in [7, 11) is 0. The van der Waals surface area contributed by atoms with Gasteiger partial charge in [0.05, 0.1) is 10.0 Å². The number of carbonyl (C=O) groups is 1. The Morgan fingerprint density at radius 2 is 2.00 bits per heavy atom. The van der Waals surface area contributed by atoms with Crippen LogP contribution in [0.25, 0.3) is 0 Å². The Labute approximate surface area is 94.4 Å². The van der Waals surface area contributed by atoms with E-state index in [-0.39, 0.29) is 10.0 Å². The second-order valence-electron chi connectivity index (χ2n) is 2.88. The standard InChI is InChI=1S/C9H6Cl2F2O2/c10-6-3-1-2-5(8(6)11)9(12,13)4-7(14)15/h1-3H,4H2,(H,14,15). The van der Waals surface area contributed by atoms with Gasteiger partial charge in [-0.1, -0.05) is 35.3 Å². The number of carboxylic acid groups (broad SMARTS) is 1. The molecular weight excluding hydrogens is 249 g/mol. The molecule has 0 aliphatic heterocycles. The lowest BCUT2D eigenvalue weighted by molar-refractivity contribution is -0.145. The Morgan fingerprint density at radius 1 is 1.40 bits per heavy atom. The van der Waals surface area contributed by atoms with Gasteiger partial charge in [-0.05, 0) is 6.07 Å². The van der Waals surface area contributed by atoms with Crippen LogP contribution in [0, 0.1) is 0 Å². The lowest BCUT2D eigenvalue weighted by Crippen LogP contribution is -2.19. The maximum Gasteiger partial charge on any atom is 0.309 e. The van der Waals surface area contributed by atoms with Crippen LogP contribution < -0.4 is 0 Å². The monoisotopic (exact) mass is 254 g/mol. The summed E-state index contributed by atoms with van der Waals surface area (Å²) in [4.78, 5) is 10.2. The summed E-state index contributed by atoms with van der Waals surface area (Å²) in [5.41, 5.74) is -0.570. The molecule has 0 fully saturated rings. The fraction of sp³-hybridized carbons (Fsp3) is 0.222. The van der Waals surface area contributed by atoms with Crippen molar-refractivity contribution in [1.29, 1.82) is 0 Å². The van der Waals surface area contributed by atoms with E-state index in [1.165, 1.54) is 12.1 Å². The van der Waals surface area contributed by atoms with Crippen LogP contribution in [0.5, 0.6) is 0 Å². The van der Waals surface area contributed by atoms with E-state index in [9.17, 15) is 13.6 Å². The molecule has 0 radical (unpaired) electrons. The second-order valence-corrected chi connectivity index (χ2v) is 3.66. The minimum atomic E-state index is -3.52. The highest BCUT2D eigenvalue weighted by molar-refractivity contribution is 6.42. The van der Waals surface area contributed by atoms with Crippen molar-refractivity contribution in [3.8, 4) is 0 Å². The smallest absolute Gasteiger partial charge is 0.309 e. The van der Waals surface area contributed by atoms with Crippen LogP contribution in [0.2, 0.25) is 10.0 Å². The van der Waals surface area contributed by atoms with Crippen molar-refractivity contribution >= 4 is 29.2 Å². The van der Waals surface area contributed by atoms with Gasteiger partial charge in [-0.2, -0.15) is 0 Å². The number of rotatable bonds is 3. The van der Waals surface area contributed by atoms with Crippen molar-refractivity contribution in [1.82, 2.24) is 0 Å². The molecule has 0 spiro atoms. The van der Waals surface area contributed by atoms with Gasteiger partial charge in [0.1, 0.15) is 6.42 Å². The largest absolute Gasteiger partial charge is 0.481 e. The molecule has 1 aromatic rings. The predicted molar refractivity (Wildman–Crippen MR) is 52.6 cm³/mol. The fourth-order valence-corrected chi connectivity index (χ4v) is 1.51. The van der Waals surface area contributed by atoms with Gasteiger partial charge in [0.15, 0.2) is 0 Å². The van der Waals surface area contributed by atoms with E-state index in [0.717, 1.165) is 6.07 Å². The third kappa shape index (κ3) is 2.79. The highest BCUT2D eigenvalue weighted by atomic mass is 35.5. The van der Waals surface area contributed by atoms with Crippen LogP contribution in [-0.4, -0.2) is 11.1 Å². The normalized spacial score (nSPS) is 11.5. The van der Waals surface area contributed by atoms with Crippen LogP contribution in [-0.2, 0) is 10.7 Å². The minimum Gasteiger partial charge on any atom is -0.481 e. The highest BCUT2D eigenvalue weighted by Crippen LogP contribution is 2.39. The van der Waals surface area contributed by atoms with Gasteiger partial charge in [0.25, 0.3) is 5.92 Å². The van der Waals surface area contributed by atoms with Crippen molar-refractivity contribution in [2.24, 2.45) is 0 Å². The zero-order chi connectivity index (χ0) is 11.6. The molecule has 15 heavy (non-hydrogen) atoms. The Morgan fingerprint density at radius 3 is 2.53 bits per heavy atom. The van der Waals surface area contributed by atoms with Crippen molar-refractivity contribution in [2.75, 3.05) is 0 Å². The highest BCUT2D eigenvalue weighted by Gasteiger charge is 2.36. The molecule has 0 bridgehead atoms. The minimum absolute atomic E-state index is 0.0285. The molecular formula is C9H6Cl2F2O2. The van der Waals surface area contributed by atoms with Crippen molar-refractivity contribution in [3.63, 3.8) is 0 Å². The lowest BCUT2D eigenvalue weighted by Gasteiger charge is -2.16. The molecule has 0 unspecified atom stereocenters. The number of aliphatic carboxylic acids is 1. The molecule has 1 rings (SSSR count). The summed E-state index contributed by atoms with van der Waals surface area (Å²) in [5, 5.41) is 7.97. The summed E-state index contributed by atoms with van der Waals surface area (Å²) in [6, 6.07) is 3.70. The van der Waals surface area contributed by atoms with Gasteiger partial charge in [-0.25, -0.2) is 8.78 Å². The van der Waals surface area contributed by atoms with Crippen LogP contribution >= 0.6 is 23.2 Å². The van der Waals surface area contributed by atoms with Gasteiger partial charge in [0.2, 0.25) is 0 Å². The fourth-order valence-electron chi connectivity index (χ4n) is 1.07. The molecule has 0 atom stereocenters. The molecule has 0 heterocycles. The van der Waals surface area contributed by atoms with Gasteiger partial charge in [-0.15, -0.1) is 0 Å². The van der Waals surface area contributed by atoms with Crippen molar-refractivity contribution in [2.45, 2.75) is 12.3 Å². The van der Waals surface area contributed by atoms with E-state index >= 15 is 0 Å². The molecule has 1 N–H and O–H groups in total. The predicted octanol–water partition coefficient (Wildman–Crippen LogP) is 3.56. The molecule has 0 aromatic heterocycles. The first kappa shape index (κ1) is 12.2. The summed E-state index contributed by atoms with van der Waals surface area (Å²) in [5.74, 6) is -5.12. The molecule has 2 nitrogen and oxygen atoms in total. The molecule has 6 heteroatoms. The molecule has 0 aliphatic carbocycles. The zero-order valence-electron chi connectivity index (χ0n) is 7.31. The first-order valence-electron chi connectivity index (χ1n) is 3.88. The molecule has 0 saturated heterocycles. The topological polar surface area (TPSA) is 37.3 Å². The van der Waals surface area contributed by atoms with Crippen LogP contribution in [0.4, 0.5) is 8.78 Å². The van der Waals surface area contributed by atoms with E-state index < -0.39 is 23.9 Å².